The van der Waals surface area contributed by atoms with Crippen molar-refractivity contribution in [2.24, 2.45) is 0 Å². The van der Waals surface area contributed by atoms with Crippen LogP contribution in [0.1, 0.15) is 36.5 Å². The molecule has 4 N–H and O–H groups in total. The summed E-state index contributed by atoms with van der Waals surface area (Å²) in [6, 6.07) is 12.5. The normalized spacial score (nSPS) is 10.6. The number of amides is 2. The van der Waals surface area contributed by atoms with Crippen LogP contribution in [-0.4, -0.2) is 47.4 Å². The number of carbonyl (C=O) groups excluding carboxylic acids is 2. The van der Waals surface area contributed by atoms with Crippen LogP contribution in [0.3, 0.4) is 0 Å². The molecule has 0 aliphatic heterocycles. The van der Waals surface area contributed by atoms with Crippen molar-refractivity contribution >= 4 is 36.3 Å². The summed E-state index contributed by atoms with van der Waals surface area (Å²) in [6.45, 7) is 2.28. The molecular formula is C23H24N2O8. The molecule has 0 unspecified atom stereocenters. The minimum absolute atomic E-state index is 0.0594. The minimum atomic E-state index is -1.24. The number of hydrogen-bond acceptors (Lipinski definition) is 6. The number of aliphatic carboxylic acids is 2. The molecule has 0 bridgehead atoms. The van der Waals surface area contributed by atoms with Gasteiger partial charge >= 0.3 is 24.1 Å². The number of ether oxygens (including phenoxy) is 2. The Hall–Kier alpha value is -4.34. The average molecular weight is 456 g/mol. The third-order valence-electron chi connectivity index (χ3n) is 4.14. The number of carboxylic acid groups (broad SMARTS) is 2. The highest BCUT2D eigenvalue weighted by atomic mass is 16.6. The van der Waals surface area contributed by atoms with E-state index in [-0.39, 0.29) is 17.4 Å². The van der Waals surface area contributed by atoms with Crippen LogP contribution in [-0.2, 0) is 9.59 Å². The summed E-state index contributed by atoms with van der Waals surface area (Å²) in [5.41, 5.74) is 1.78. The second-order valence-electron chi connectivity index (χ2n) is 7.10. The van der Waals surface area contributed by atoms with Crippen LogP contribution in [0.2, 0.25) is 0 Å². The van der Waals surface area contributed by atoms with Crippen LogP contribution >= 0.6 is 0 Å². The fourth-order valence-electron chi connectivity index (χ4n) is 2.78. The summed E-state index contributed by atoms with van der Waals surface area (Å²) < 4.78 is 10.6. The first-order valence-corrected chi connectivity index (χ1v) is 9.91. The molecule has 0 radical (unpaired) electrons. The second kappa shape index (κ2) is 11.9. The Bertz CT molecular complexity index is 995. The van der Waals surface area contributed by atoms with E-state index < -0.39 is 37.2 Å². The van der Waals surface area contributed by atoms with Gasteiger partial charge < -0.3 is 30.3 Å². The zero-order chi connectivity index (χ0) is 24.4. The van der Waals surface area contributed by atoms with Gasteiger partial charge in [0.2, 0.25) is 0 Å². The molecular weight excluding hydrogens is 432 g/mol. The van der Waals surface area contributed by atoms with Crippen LogP contribution in [0.5, 0.6) is 11.5 Å². The molecule has 2 amide bonds. The second-order valence-corrected chi connectivity index (χ2v) is 7.10. The number of carbonyl (C=O) groups is 4. The molecule has 0 aromatic heterocycles. The van der Waals surface area contributed by atoms with Gasteiger partial charge in [-0.3, -0.25) is 9.59 Å². The molecule has 2 aromatic carbocycles. The summed E-state index contributed by atoms with van der Waals surface area (Å²) in [5, 5.41) is 21.7. The third-order valence-corrected chi connectivity index (χ3v) is 4.14. The van der Waals surface area contributed by atoms with E-state index >= 15 is 0 Å². The van der Waals surface area contributed by atoms with Gasteiger partial charge in [0.05, 0.1) is 0 Å². The number of rotatable bonds is 9. The van der Waals surface area contributed by atoms with Crippen LogP contribution in [0, 0.1) is 0 Å². The van der Waals surface area contributed by atoms with Gasteiger partial charge in [-0.1, -0.05) is 56.3 Å². The van der Waals surface area contributed by atoms with Gasteiger partial charge in [-0.05, 0) is 29.2 Å². The van der Waals surface area contributed by atoms with E-state index in [1.165, 1.54) is 0 Å². The maximum Gasteiger partial charge on any atom is 0.413 e. The van der Waals surface area contributed by atoms with E-state index in [2.05, 4.69) is 10.6 Å². The van der Waals surface area contributed by atoms with Gasteiger partial charge in [0, 0.05) is 5.56 Å². The molecule has 33 heavy (non-hydrogen) atoms. The highest BCUT2D eigenvalue weighted by Gasteiger charge is 2.21. The molecule has 0 saturated heterocycles. The first kappa shape index (κ1) is 24.9. The quantitative estimate of drug-likeness (QED) is 0.420. The Morgan fingerprint density at radius 3 is 1.70 bits per heavy atom. The van der Waals surface area contributed by atoms with E-state index in [0.717, 1.165) is 5.56 Å². The van der Waals surface area contributed by atoms with Crippen molar-refractivity contribution in [3.05, 3.63) is 59.2 Å². The van der Waals surface area contributed by atoms with Crippen molar-refractivity contribution in [1.29, 1.82) is 0 Å². The summed E-state index contributed by atoms with van der Waals surface area (Å²) >= 11 is 0. The fraction of sp³-hybridized carbons (Fsp3) is 0.217. The largest absolute Gasteiger partial charge is 0.480 e. The highest BCUT2D eigenvalue weighted by Crippen LogP contribution is 2.37. The number of hydrogen-bond donors (Lipinski definition) is 4. The number of carboxylic acids is 2. The topological polar surface area (TPSA) is 151 Å². The summed E-state index contributed by atoms with van der Waals surface area (Å²) in [7, 11) is 0. The minimum Gasteiger partial charge on any atom is -0.480 e. The maximum absolute atomic E-state index is 12.1. The third kappa shape index (κ3) is 8.37. The lowest BCUT2D eigenvalue weighted by Crippen LogP contribution is -2.33. The van der Waals surface area contributed by atoms with Crippen LogP contribution < -0.4 is 20.1 Å². The van der Waals surface area contributed by atoms with Gasteiger partial charge in [0.25, 0.3) is 0 Å². The highest BCUT2D eigenvalue weighted by molar-refractivity contribution is 5.81. The molecule has 0 saturated carbocycles. The zero-order valence-electron chi connectivity index (χ0n) is 18.0. The van der Waals surface area contributed by atoms with Crippen molar-refractivity contribution in [1.82, 2.24) is 10.6 Å². The molecule has 0 aliphatic rings. The van der Waals surface area contributed by atoms with E-state index in [1.54, 1.807) is 38.1 Å². The van der Waals surface area contributed by atoms with Crippen molar-refractivity contribution in [3.8, 4) is 11.5 Å². The summed E-state index contributed by atoms with van der Waals surface area (Å²) in [5.74, 6) is -2.64. The molecule has 10 nitrogen and oxygen atoms in total. The average Bonchev–Trinajstić information content (AvgIpc) is 2.75. The SMILES string of the molecule is CC(C)c1c(OC(=O)NCC(=O)O)cc(/C=C/c2ccccc2)cc1OC(=O)NCC(=O)O. The number of benzene rings is 2. The Balaban J connectivity index is 2.43. The van der Waals surface area contributed by atoms with Gasteiger partial charge in [-0.15, -0.1) is 0 Å². The Morgan fingerprint density at radius 1 is 0.818 bits per heavy atom. The fourth-order valence-corrected chi connectivity index (χ4v) is 2.78. The molecule has 0 spiro atoms. The van der Waals surface area contributed by atoms with Crippen molar-refractivity contribution < 1.29 is 38.9 Å². The lowest BCUT2D eigenvalue weighted by Gasteiger charge is -2.18. The lowest BCUT2D eigenvalue weighted by atomic mass is 9.98. The van der Waals surface area contributed by atoms with E-state index in [4.69, 9.17) is 19.7 Å². The van der Waals surface area contributed by atoms with Crippen molar-refractivity contribution in [3.63, 3.8) is 0 Å². The van der Waals surface area contributed by atoms with Crippen LogP contribution in [0.4, 0.5) is 9.59 Å². The molecule has 174 valence electrons. The van der Waals surface area contributed by atoms with Crippen molar-refractivity contribution in [2.45, 2.75) is 19.8 Å². The molecule has 2 rings (SSSR count). The van der Waals surface area contributed by atoms with Gasteiger partial charge in [-0.25, -0.2) is 9.59 Å². The summed E-state index contributed by atoms with van der Waals surface area (Å²) in [6.07, 6.45) is 1.52. The molecule has 0 fully saturated rings. The first-order chi connectivity index (χ1) is 15.7. The van der Waals surface area contributed by atoms with E-state index in [1.807, 2.05) is 30.3 Å². The lowest BCUT2D eigenvalue weighted by molar-refractivity contribution is -0.136. The van der Waals surface area contributed by atoms with Crippen molar-refractivity contribution in [2.75, 3.05) is 13.1 Å². The van der Waals surface area contributed by atoms with Gasteiger partial charge in [0.15, 0.2) is 0 Å². The van der Waals surface area contributed by atoms with E-state index in [9.17, 15) is 19.2 Å². The van der Waals surface area contributed by atoms with E-state index in [0.29, 0.717) is 11.1 Å². The molecule has 2 aromatic rings. The standard InChI is InChI=1S/C23H24N2O8/c1-14(2)21-17(32-22(30)24-12-19(26)27)10-16(9-8-15-6-4-3-5-7-15)11-18(21)33-23(31)25-13-20(28)29/h3-11,14H,12-13H2,1-2H3,(H,24,30)(H,25,31)(H,26,27)(H,28,29)/b9-8+. The predicted molar refractivity (Wildman–Crippen MR) is 119 cm³/mol. The maximum atomic E-state index is 12.1. The van der Waals surface area contributed by atoms with Gasteiger partial charge in [-0.2, -0.15) is 0 Å². The molecule has 0 atom stereocenters. The van der Waals surface area contributed by atoms with Crippen LogP contribution in [0.15, 0.2) is 42.5 Å². The monoisotopic (exact) mass is 456 g/mol. The molecule has 0 heterocycles. The van der Waals surface area contributed by atoms with Crippen LogP contribution in [0.25, 0.3) is 12.2 Å². The summed E-state index contributed by atoms with van der Waals surface area (Å²) in [4.78, 5) is 45.6. The molecule has 10 heteroatoms. The Labute approximate surface area is 189 Å². The Morgan fingerprint density at radius 2 is 1.27 bits per heavy atom. The smallest absolute Gasteiger partial charge is 0.413 e. The zero-order valence-corrected chi connectivity index (χ0v) is 18.0. The van der Waals surface area contributed by atoms with Gasteiger partial charge in [0.1, 0.15) is 24.6 Å². The number of nitrogens with one attached hydrogen (secondary N) is 2. The predicted octanol–water partition coefficient (Wildman–Crippen LogP) is 3.33. The Kier molecular flexibility index (Phi) is 8.98. The first-order valence-electron chi connectivity index (χ1n) is 9.91. The molecule has 0 aliphatic carbocycles.